The molecule has 0 saturated heterocycles. The number of carbonyl (C=O) groups is 1. The van der Waals surface area contributed by atoms with Crippen LogP contribution >= 0.6 is 11.3 Å². The van der Waals surface area contributed by atoms with Gasteiger partial charge in [0, 0.05) is 31.4 Å². The van der Waals surface area contributed by atoms with Gasteiger partial charge in [0.25, 0.3) is 0 Å². The Hall–Kier alpha value is -1.82. The summed E-state index contributed by atoms with van der Waals surface area (Å²) in [5.41, 5.74) is 0.804. The van der Waals surface area contributed by atoms with Crippen LogP contribution in [0.5, 0.6) is 0 Å². The van der Waals surface area contributed by atoms with E-state index in [1.54, 1.807) is 18.5 Å². The number of rotatable bonds is 5. The van der Waals surface area contributed by atoms with E-state index in [1.165, 1.54) is 43.4 Å². The van der Waals surface area contributed by atoms with Crippen molar-refractivity contribution >= 4 is 17.2 Å². The second-order valence-corrected chi connectivity index (χ2v) is 7.03. The van der Waals surface area contributed by atoms with E-state index >= 15 is 0 Å². The van der Waals surface area contributed by atoms with Crippen molar-refractivity contribution in [1.82, 2.24) is 19.9 Å². The highest BCUT2D eigenvalue weighted by molar-refractivity contribution is 7.13. The topological polar surface area (TPSA) is 59.0 Å². The van der Waals surface area contributed by atoms with Gasteiger partial charge in [-0.05, 0) is 24.8 Å². The molecule has 1 saturated carbocycles. The molecule has 5 nitrogen and oxygen atoms in total. The molecule has 1 amide bonds. The Balaban J connectivity index is 1.56. The molecule has 2 aromatic heterocycles. The normalized spacial score (nSPS) is 15.5. The Morgan fingerprint density at radius 1 is 1.26 bits per heavy atom. The highest BCUT2D eigenvalue weighted by Gasteiger charge is 2.19. The summed E-state index contributed by atoms with van der Waals surface area (Å²) in [7, 11) is 1.91. The number of nitrogens with zero attached hydrogens (tertiary/aromatic N) is 4. The molecule has 0 radical (unpaired) electrons. The van der Waals surface area contributed by atoms with Crippen molar-refractivity contribution in [3.8, 4) is 10.8 Å². The molecule has 0 unspecified atom stereocenters. The average Bonchev–Trinajstić information content (AvgIpc) is 3.05. The van der Waals surface area contributed by atoms with Crippen LogP contribution in [0.3, 0.4) is 0 Å². The lowest BCUT2D eigenvalue weighted by Gasteiger charge is -2.27. The largest absolute Gasteiger partial charge is 0.345 e. The predicted octanol–water partition coefficient (Wildman–Crippen LogP) is 3.18. The van der Waals surface area contributed by atoms with Gasteiger partial charge in [-0.2, -0.15) is 0 Å². The van der Waals surface area contributed by atoms with Gasteiger partial charge in [-0.15, -0.1) is 11.3 Å². The summed E-state index contributed by atoms with van der Waals surface area (Å²) in [6, 6.07) is 1.78. The Bertz CT molecular complexity index is 637. The molecule has 0 aromatic carbocycles. The van der Waals surface area contributed by atoms with E-state index in [0.717, 1.165) is 17.2 Å². The van der Waals surface area contributed by atoms with Gasteiger partial charge in [-0.3, -0.25) is 4.79 Å². The van der Waals surface area contributed by atoms with Gasteiger partial charge in [-0.25, -0.2) is 15.0 Å². The standard InChI is InChI=1S/C17H22N4OS/c1-21(11-13-6-3-2-4-7-13)15(22)10-14-12-23-17(20-14)16-18-8-5-9-19-16/h5,8-9,12-13H,2-4,6-7,10-11H2,1H3. The molecule has 23 heavy (non-hydrogen) atoms. The number of amides is 1. The monoisotopic (exact) mass is 330 g/mol. The Morgan fingerprint density at radius 2 is 2.00 bits per heavy atom. The molecular formula is C17H22N4OS. The third kappa shape index (κ3) is 4.34. The second kappa shape index (κ2) is 7.64. The van der Waals surface area contributed by atoms with Crippen LogP contribution in [-0.2, 0) is 11.2 Å². The van der Waals surface area contributed by atoms with Crippen molar-refractivity contribution in [2.75, 3.05) is 13.6 Å². The first-order chi connectivity index (χ1) is 11.2. The molecule has 0 N–H and O–H groups in total. The Labute approximate surface area is 140 Å². The van der Waals surface area contributed by atoms with Gasteiger partial charge in [0.1, 0.15) is 0 Å². The third-order valence-electron chi connectivity index (χ3n) is 4.32. The molecule has 1 aliphatic carbocycles. The van der Waals surface area contributed by atoms with Crippen molar-refractivity contribution in [3.63, 3.8) is 0 Å². The minimum Gasteiger partial charge on any atom is -0.345 e. The van der Waals surface area contributed by atoms with E-state index in [9.17, 15) is 4.79 Å². The Morgan fingerprint density at radius 3 is 2.74 bits per heavy atom. The molecular weight excluding hydrogens is 308 g/mol. The van der Waals surface area contributed by atoms with E-state index in [0.29, 0.717) is 18.2 Å². The van der Waals surface area contributed by atoms with Crippen LogP contribution < -0.4 is 0 Å². The SMILES string of the molecule is CN(CC1CCCCC1)C(=O)Cc1csc(-c2ncccn2)n1. The van der Waals surface area contributed by atoms with Crippen LogP contribution in [0.25, 0.3) is 10.8 Å². The summed E-state index contributed by atoms with van der Waals surface area (Å²) in [4.78, 5) is 27.1. The van der Waals surface area contributed by atoms with Crippen LogP contribution in [0.2, 0.25) is 0 Å². The number of likely N-dealkylation sites (N-methyl/N-ethyl adjacent to an activating group) is 1. The molecule has 1 aliphatic rings. The van der Waals surface area contributed by atoms with Crippen LogP contribution in [-0.4, -0.2) is 39.4 Å². The quantitative estimate of drug-likeness (QED) is 0.845. The van der Waals surface area contributed by atoms with Gasteiger partial charge >= 0.3 is 0 Å². The van der Waals surface area contributed by atoms with Crippen molar-refractivity contribution < 1.29 is 4.79 Å². The third-order valence-corrected chi connectivity index (χ3v) is 5.21. The lowest BCUT2D eigenvalue weighted by Crippen LogP contribution is -2.33. The van der Waals surface area contributed by atoms with Gasteiger partial charge in [-0.1, -0.05) is 19.3 Å². The zero-order chi connectivity index (χ0) is 16.1. The summed E-state index contributed by atoms with van der Waals surface area (Å²) < 4.78 is 0. The molecule has 3 rings (SSSR count). The van der Waals surface area contributed by atoms with E-state index in [4.69, 9.17) is 0 Å². The lowest BCUT2D eigenvalue weighted by atomic mass is 9.89. The minimum absolute atomic E-state index is 0.140. The molecule has 0 bridgehead atoms. The molecule has 2 aromatic rings. The first-order valence-electron chi connectivity index (χ1n) is 8.18. The van der Waals surface area contributed by atoms with Crippen LogP contribution in [0.15, 0.2) is 23.8 Å². The minimum atomic E-state index is 0.140. The lowest BCUT2D eigenvalue weighted by molar-refractivity contribution is -0.129. The first-order valence-corrected chi connectivity index (χ1v) is 9.06. The van der Waals surface area contributed by atoms with Gasteiger partial charge in [0.05, 0.1) is 12.1 Å². The van der Waals surface area contributed by atoms with Crippen molar-refractivity contribution in [2.45, 2.75) is 38.5 Å². The van der Waals surface area contributed by atoms with Crippen LogP contribution in [0.4, 0.5) is 0 Å². The van der Waals surface area contributed by atoms with Gasteiger partial charge < -0.3 is 4.90 Å². The summed E-state index contributed by atoms with van der Waals surface area (Å²) in [5, 5.41) is 2.70. The smallest absolute Gasteiger partial charge is 0.228 e. The number of thiazole rings is 1. The van der Waals surface area contributed by atoms with E-state index in [1.807, 2.05) is 17.3 Å². The molecule has 2 heterocycles. The number of hydrogen-bond acceptors (Lipinski definition) is 5. The summed E-state index contributed by atoms with van der Waals surface area (Å²) >= 11 is 1.49. The molecule has 6 heteroatoms. The summed E-state index contributed by atoms with van der Waals surface area (Å²) in [6.45, 7) is 0.873. The fourth-order valence-electron chi connectivity index (χ4n) is 3.05. The highest BCUT2D eigenvalue weighted by atomic mass is 32.1. The maximum absolute atomic E-state index is 12.4. The van der Waals surface area contributed by atoms with E-state index < -0.39 is 0 Å². The Kier molecular flexibility index (Phi) is 5.33. The molecule has 1 fully saturated rings. The highest BCUT2D eigenvalue weighted by Crippen LogP contribution is 2.24. The van der Waals surface area contributed by atoms with Crippen LogP contribution in [0.1, 0.15) is 37.8 Å². The van der Waals surface area contributed by atoms with Gasteiger partial charge in [0.15, 0.2) is 10.8 Å². The number of carbonyl (C=O) groups excluding carboxylic acids is 1. The number of hydrogen-bond donors (Lipinski definition) is 0. The summed E-state index contributed by atoms with van der Waals surface area (Å²) in [5.74, 6) is 1.43. The predicted molar refractivity (Wildman–Crippen MR) is 91.1 cm³/mol. The molecule has 122 valence electrons. The van der Waals surface area contributed by atoms with E-state index in [-0.39, 0.29) is 5.91 Å². The fraction of sp³-hybridized carbons (Fsp3) is 0.529. The molecule has 0 spiro atoms. The van der Waals surface area contributed by atoms with Crippen LogP contribution in [0, 0.1) is 5.92 Å². The maximum atomic E-state index is 12.4. The van der Waals surface area contributed by atoms with Crippen molar-refractivity contribution in [2.24, 2.45) is 5.92 Å². The maximum Gasteiger partial charge on any atom is 0.228 e. The zero-order valence-corrected chi connectivity index (χ0v) is 14.3. The molecule has 0 atom stereocenters. The van der Waals surface area contributed by atoms with Crippen molar-refractivity contribution in [3.05, 3.63) is 29.5 Å². The second-order valence-electron chi connectivity index (χ2n) is 6.17. The zero-order valence-electron chi connectivity index (χ0n) is 13.4. The van der Waals surface area contributed by atoms with Gasteiger partial charge in [0.2, 0.25) is 5.91 Å². The van der Waals surface area contributed by atoms with Crippen molar-refractivity contribution in [1.29, 1.82) is 0 Å². The number of aromatic nitrogens is 3. The fourth-order valence-corrected chi connectivity index (χ4v) is 3.81. The molecule has 0 aliphatic heterocycles. The average molecular weight is 330 g/mol. The first kappa shape index (κ1) is 16.1. The van der Waals surface area contributed by atoms with E-state index in [2.05, 4.69) is 15.0 Å². The summed E-state index contributed by atoms with van der Waals surface area (Å²) in [6.07, 6.45) is 10.2.